The highest BCUT2D eigenvalue weighted by atomic mass is 32.2. The van der Waals surface area contributed by atoms with E-state index >= 15 is 0 Å². The fraction of sp³-hybridized carbons (Fsp3) is 0.381. The molecule has 0 spiro atoms. The molecule has 0 saturated carbocycles. The number of nitrogens with zero attached hydrogens (tertiary/aromatic N) is 4. The zero-order chi connectivity index (χ0) is 22.5. The molecule has 0 aliphatic carbocycles. The van der Waals surface area contributed by atoms with Gasteiger partial charge in [0.15, 0.2) is 16.1 Å². The number of nitrogens with one attached hydrogen (secondary N) is 1. The Kier molecular flexibility index (Phi) is 7.45. The lowest BCUT2D eigenvalue weighted by Crippen LogP contribution is -2.14. The summed E-state index contributed by atoms with van der Waals surface area (Å²) in [5.74, 6) is 0.687. The molecule has 3 aromatic rings. The number of benzene rings is 1. The van der Waals surface area contributed by atoms with Crippen molar-refractivity contribution in [1.82, 2.24) is 19.7 Å². The molecule has 0 saturated heterocycles. The average Bonchev–Trinajstić information content (AvgIpc) is 3.28. The van der Waals surface area contributed by atoms with Gasteiger partial charge in [-0.15, -0.1) is 10.2 Å². The molecule has 0 aliphatic rings. The van der Waals surface area contributed by atoms with Crippen molar-refractivity contribution >= 4 is 40.1 Å². The number of rotatable bonds is 8. The number of aromatic nitrogens is 4. The van der Waals surface area contributed by atoms with Crippen LogP contribution in [0.5, 0.6) is 0 Å². The number of amides is 1. The van der Waals surface area contributed by atoms with E-state index in [1.54, 1.807) is 13.8 Å². The Bertz CT molecular complexity index is 1070. The minimum Gasteiger partial charge on any atom is -0.462 e. The van der Waals surface area contributed by atoms with Gasteiger partial charge in [-0.1, -0.05) is 61.2 Å². The van der Waals surface area contributed by atoms with Crippen LogP contribution >= 0.6 is 23.1 Å². The summed E-state index contributed by atoms with van der Waals surface area (Å²) in [6, 6.07) is 8.25. The monoisotopic (exact) mass is 459 g/mol. The van der Waals surface area contributed by atoms with Gasteiger partial charge in [0.1, 0.15) is 4.88 Å². The van der Waals surface area contributed by atoms with Crippen LogP contribution in [0, 0.1) is 6.92 Å². The molecule has 0 radical (unpaired) electrons. The van der Waals surface area contributed by atoms with Gasteiger partial charge in [0.25, 0.3) is 0 Å². The van der Waals surface area contributed by atoms with Gasteiger partial charge in [0.2, 0.25) is 5.91 Å². The molecule has 2 heterocycles. The lowest BCUT2D eigenvalue weighted by atomic mass is 10.0. The largest absolute Gasteiger partial charge is 0.462 e. The number of carbonyl (C=O) groups excluding carboxylic acids is 2. The molecule has 1 amide bonds. The van der Waals surface area contributed by atoms with E-state index in [2.05, 4.69) is 46.5 Å². The highest BCUT2D eigenvalue weighted by molar-refractivity contribution is 7.99. The number of hydrogen-bond acceptors (Lipinski definition) is 8. The summed E-state index contributed by atoms with van der Waals surface area (Å²) >= 11 is 2.39. The molecule has 1 N–H and O–H groups in total. The van der Waals surface area contributed by atoms with Gasteiger partial charge in [-0.05, 0) is 25.3 Å². The second-order valence-electron chi connectivity index (χ2n) is 7.13. The zero-order valence-electron chi connectivity index (χ0n) is 18.1. The van der Waals surface area contributed by atoms with Crippen LogP contribution in [0.25, 0.3) is 11.4 Å². The lowest BCUT2D eigenvalue weighted by Gasteiger charge is -2.07. The number of aryl methyl sites for hydroxylation is 1. The summed E-state index contributed by atoms with van der Waals surface area (Å²) in [6.07, 6.45) is 0. The van der Waals surface area contributed by atoms with Gasteiger partial charge >= 0.3 is 5.97 Å². The zero-order valence-corrected chi connectivity index (χ0v) is 19.8. The molecule has 8 nitrogen and oxygen atoms in total. The van der Waals surface area contributed by atoms with Crippen LogP contribution in [0.15, 0.2) is 29.4 Å². The molecule has 0 fully saturated rings. The van der Waals surface area contributed by atoms with Crippen molar-refractivity contribution < 1.29 is 14.3 Å². The van der Waals surface area contributed by atoms with Gasteiger partial charge in [0, 0.05) is 12.6 Å². The van der Waals surface area contributed by atoms with Crippen molar-refractivity contribution in [3.8, 4) is 11.4 Å². The van der Waals surface area contributed by atoms with E-state index in [1.165, 1.54) is 17.3 Å². The maximum absolute atomic E-state index is 12.4. The van der Waals surface area contributed by atoms with Crippen LogP contribution < -0.4 is 5.32 Å². The van der Waals surface area contributed by atoms with E-state index in [-0.39, 0.29) is 18.3 Å². The van der Waals surface area contributed by atoms with E-state index < -0.39 is 5.97 Å². The average molecular weight is 460 g/mol. The van der Waals surface area contributed by atoms with E-state index in [9.17, 15) is 9.59 Å². The summed E-state index contributed by atoms with van der Waals surface area (Å²) < 4.78 is 6.87. The van der Waals surface area contributed by atoms with Gasteiger partial charge in [-0.2, -0.15) is 0 Å². The Morgan fingerprint density at radius 2 is 1.94 bits per heavy atom. The fourth-order valence-electron chi connectivity index (χ4n) is 2.83. The second kappa shape index (κ2) is 10.1. The van der Waals surface area contributed by atoms with Crippen LogP contribution in [0.4, 0.5) is 5.13 Å². The van der Waals surface area contributed by atoms with Crippen LogP contribution in [0.3, 0.4) is 0 Å². The first-order valence-electron chi connectivity index (χ1n) is 9.87. The summed E-state index contributed by atoms with van der Waals surface area (Å²) in [4.78, 5) is 28.9. The predicted octanol–water partition coefficient (Wildman–Crippen LogP) is 4.28. The third-order valence-corrected chi connectivity index (χ3v) is 6.58. The highest BCUT2D eigenvalue weighted by Crippen LogP contribution is 2.26. The van der Waals surface area contributed by atoms with Crippen LogP contribution in [0.2, 0.25) is 0 Å². The van der Waals surface area contributed by atoms with Crippen molar-refractivity contribution in [2.24, 2.45) is 7.05 Å². The van der Waals surface area contributed by atoms with Gasteiger partial charge in [0.05, 0.1) is 18.1 Å². The quantitative estimate of drug-likeness (QED) is 0.396. The maximum atomic E-state index is 12.4. The number of carbonyl (C=O) groups is 2. The van der Waals surface area contributed by atoms with Crippen molar-refractivity contribution in [2.45, 2.75) is 38.8 Å². The molecule has 3 rings (SSSR count). The lowest BCUT2D eigenvalue weighted by molar-refractivity contribution is -0.113. The molecule has 2 aromatic heterocycles. The Hall–Kier alpha value is -2.72. The van der Waals surface area contributed by atoms with Crippen LogP contribution in [0.1, 0.15) is 47.6 Å². The molecular formula is C21H25N5O3S2. The maximum Gasteiger partial charge on any atom is 0.350 e. The van der Waals surface area contributed by atoms with E-state index in [4.69, 9.17) is 4.74 Å². The summed E-state index contributed by atoms with van der Waals surface area (Å²) in [7, 11) is 1.88. The van der Waals surface area contributed by atoms with Crippen molar-refractivity contribution in [1.29, 1.82) is 0 Å². The van der Waals surface area contributed by atoms with Crippen molar-refractivity contribution in [3.63, 3.8) is 0 Å². The summed E-state index contributed by atoms with van der Waals surface area (Å²) in [5.41, 5.74) is 2.77. The topological polar surface area (TPSA) is 99.0 Å². The number of thioether (sulfide) groups is 1. The third-order valence-electron chi connectivity index (χ3n) is 4.51. The number of hydrogen-bond donors (Lipinski definition) is 1. The molecule has 0 aliphatic heterocycles. The van der Waals surface area contributed by atoms with Crippen molar-refractivity contribution in [2.75, 3.05) is 17.7 Å². The molecule has 10 heteroatoms. The number of ether oxygens (including phenoxy) is 1. The Balaban J connectivity index is 1.61. The number of esters is 1. The molecule has 0 atom stereocenters. The SMILES string of the molecule is CCOC(=O)c1sc(NC(=O)CSc2nnc(-c3ccc(C(C)C)cc3)n2C)nc1C. The Labute approximate surface area is 189 Å². The minimum atomic E-state index is -0.430. The second-order valence-corrected chi connectivity index (χ2v) is 9.07. The van der Waals surface area contributed by atoms with E-state index in [1.807, 2.05) is 23.7 Å². The van der Waals surface area contributed by atoms with Crippen molar-refractivity contribution in [3.05, 3.63) is 40.4 Å². The smallest absolute Gasteiger partial charge is 0.350 e. The van der Waals surface area contributed by atoms with Gasteiger partial charge in [-0.3, -0.25) is 4.79 Å². The first kappa shape index (κ1) is 23.0. The van der Waals surface area contributed by atoms with E-state index in [0.29, 0.717) is 26.8 Å². The van der Waals surface area contributed by atoms with E-state index in [0.717, 1.165) is 22.7 Å². The van der Waals surface area contributed by atoms with Crippen LogP contribution in [-0.4, -0.2) is 44.0 Å². The highest BCUT2D eigenvalue weighted by Gasteiger charge is 2.18. The molecule has 1 aromatic carbocycles. The minimum absolute atomic E-state index is 0.144. The molecule has 0 unspecified atom stereocenters. The first-order chi connectivity index (χ1) is 14.8. The van der Waals surface area contributed by atoms with Gasteiger partial charge in [-0.25, -0.2) is 9.78 Å². The summed E-state index contributed by atoms with van der Waals surface area (Å²) in [5, 5.41) is 12.2. The molecule has 164 valence electrons. The third kappa shape index (κ3) is 5.50. The normalized spacial score (nSPS) is 11.0. The molecular weight excluding hydrogens is 434 g/mol. The summed E-state index contributed by atoms with van der Waals surface area (Å²) in [6.45, 7) is 8.05. The van der Waals surface area contributed by atoms with Gasteiger partial charge < -0.3 is 14.6 Å². The van der Waals surface area contributed by atoms with Crippen LogP contribution in [-0.2, 0) is 16.6 Å². The fourth-order valence-corrected chi connectivity index (χ4v) is 4.42. The predicted molar refractivity (Wildman–Crippen MR) is 123 cm³/mol. The first-order valence-corrected chi connectivity index (χ1v) is 11.7. The Morgan fingerprint density at radius 1 is 1.23 bits per heavy atom. The molecule has 31 heavy (non-hydrogen) atoms. The standard InChI is InChI=1S/C21H25N5O3S2/c1-6-29-19(28)17-13(4)22-20(31-17)23-16(27)11-30-21-25-24-18(26(21)5)15-9-7-14(8-10-15)12(2)3/h7-10,12H,6,11H2,1-5H3,(H,22,23,27). The number of thiazole rings is 1. The molecule has 0 bridgehead atoms. The number of anilines is 1. The Morgan fingerprint density at radius 3 is 2.58 bits per heavy atom.